The fourth-order valence-electron chi connectivity index (χ4n) is 1.38. The van der Waals surface area contributed by atoms with Crippen LogP contribution >= 0.6 is 27.5 Å². The molecule has 0 atom stereocenters. The van der Waals surface area contributed by atoms with Crippen LogP contribution in [0.1, 0.15) is 12.8 Å². The van der Waals surface area contributed by atoms with Crippen molar-refractivity contribution in [2.75, 3.05) is 0 Å². The van der Waals surface area contributed by atoms with E-state index >= 15 is 0 Å². The summed E-state index contributed by atoms with van der Waals surface area (Å²) in [5.74, 6) is 0.679. The Balaban J connectivity index is 2.05. The van der Waals surface area contributed by atoms with Gasteiger partial charge in [0.2, 0.25) is 0 Å². The Bertz CT molecular complexity index is 337. The topological polar surface area (TPSA) is 29.5 Å². The van der Waals surface area contributed by atoms with Gasteiger partial charge in [0.1, 0.15) is 11.9 Å². The van der Waals surface area contributed by atoms with Gasteiger partial charge in [-0.2, -0.15) is 0 Å². The molecular formula is C10H10BrClO2. The van der Waals surface area contributed by atoms with Gasteiger partial charge >= 0.3 is 0 Å². The van der Waals surface area contributed by atoms with Gasteiger partial charge in [-0.1, -0.05) is 27.5 Å². The monoisotopic (exact) mass is 276 g/mol. The van der Waals surface area contributed by atoms with Crippen molar-refractivity contribution in [3.8, 4) is 5.75 Å². The fourth-order valence-corrected chi connectivity index (χ4v) is 1.88. The van der Waals surface area contributed by atoms with Crippen LogP contribution in [-0.4, -0.2) is 17.3 Å². The summed E-state index contributed by atoms with van der Waals surface area (Å²) in [7, 11) is 0. The first kappa shape index (κ1) is 10.3. The Morgan fingerprint density at radius 3 is 2.79 bits per heavy atom. The van der Waals surface area contributed by atoms with E-state index in [-0.39, 0.29) is 12.2 Å². The van der Waals surface area contributed by atoms with Gasteiger partial charge in [0.15, 0.2) is 0 Å². The molecule has 1 fully saturated rings. The van der Waals surface area contributed by atoms with E-state index in [1.165, 1.54) is 0 Å². The molecule has 4 heteroatoms. The standard InChI is InChI=1S/C10H10BrClO2/c11-6-1-2-9(12)10(3-6)14-8-4-7(13)5-8/h1-3,7-8,13H,4-5H2. The predicted molar refractivity (Wildman–Crippen MR) is 58.8 cm³/mol. The van der Waals surface area contributed by atoms with Crippen LogP contribution in [0.2, 0.25) is 5.02 Å². The number of ether oxygens (including phenoxy) is 1. The largest absolute Gasteiger partial charge is 0.489 e. The van der Waals surface area contributed by atoms with Crippen molar-refractivity contribution >= 4 is 27.5 Å². The summed E-state index contributed by atoms with van der Waals surface area (Å²) >= 11 is 9.30. The Labute approximate surface area is 96.0 Å². The van der Waals surface area contributed by atoms with Gasteiger partial charge in [-0.05, 0) is 18.2 Å². The first-order valence-electron chi connectivity index (χ1n) is 4.45. The number of hydrogen-bond donors (Lipinski definition) is 1. The maximum atomic E-state index is 9.10. The second-order valence-corrected chi connectivity index (χ2v) is 4.76. The Kier molecular flexibility index (Phi) is 3.00. The van der Waals surface area contributed by atoms with Crippen molar-refractivity contribution in [2.24, 2.45) is 0 Å². The average molecular weight is 278 g/mol. The molecule has 0 heterocycles. The quantitative estimate of drug-likeness (QED) is 0.900. The summed E-state index contributed by atoms with van der Waals surface area (Å²) < 4.78 is 6.55. The molecule has 14 heavy (non-hydrogen) atoms. The number of rotatable bonds is 2. The van der Waals surface area contributed by atoms with E-state index in [2.05, 4.69) is 15.9 Å². The van der Waals surface area contributed by atoms with E-state index in [9.17, 15) is 0 Å². The van der Waals surface area contributed by atoms with E-state index < -0.39 is 0 Å². The third kappa shape index (κ3) is 2.22. The molecular weight excluding hydrogens is 267 g/mol. The Morgan fingerprint density at radius 2 is 2.14 bits per heavy atom. The van der Waals surface area contributed by atoms with E-state index in [4.69, 9.17) is 21.4 Å². The molecule has 0 aliphatic heterocycles. The smallest absolute Gasteiger partial charge is 0.139 e. The summed E-state index contributed by atoms with van der Waals surface area (Å²) in [6.07, 6.45) is 1.30. The van der Waals surface area contributed by atoms with E-state index in [1.54, 1.807) is 6.07 Å². The van der Waals surface area contributed by atoms with Gasteiger partial charge in [-0.25, -0.2) is 0 Å². The maximum Gasteiger partial charge on any atom is 0.139 e. The molecule has 0 aromatic heterocycles. The first-order valence-corrected chi connectivity index (χ1v) is 5.62. The van der Waals surface area contributed by atoms with Gasteiger partial charge < -0.3 is 9.84 Å². The minimum absolute atomic E-state index is 0.108. The first-order chi connectivity index (χ1) is 6.65. The molecule has 0 amide bonds. The van der Waals surface area contributed by atoms with Crippen LogP contribution in [0.5, 0.6) is 5.75 Å². The highest BCUT2D eigenvalue weighted by Gasteiger charge is 2.29. The molecule has 1 aromatic carbocycles. The normalized spacial score (nSPS) is 25.6. The van der Waals surface area contributed by atoms with Crippen LogP contribution in [0.3, 0.4) is 0 Å². The van der Waals surface area contributed by atoms with Crippen molar-refractivity contribution in [1.29, 1.82) is 0 Å². The average Bonchev–Trinajstić information content (AvgIpc) is 2.09. The van der Waals surface area contributed by atoms with Crippen LogP contribution in [-0.2, 0) is 0 Å². The minimum atomic E-state index is -0.203. The van der Waals surface area contributed by atoms with Crippen molar-refractivity contribution < 1.29 is 9.84 Å². The zero-order valence-electron chi connectivity index (χ0n) is 7.41. The van der Waals surface area contributed by atoms with Gasteiger partial charge in [-0.3, -0.25) is 0 Å². The van der Waals surface area contributed by atoms with E-state index in [0.717, 1.165) is 4.47 Å². The lowest BCUT2D eigenvalue weighted by Gasteiger charge is -2.31. The number of hydrogen-bond acceptors (Lipinski definition) is 2. The van der Waals surface area contributed by atoms with Crippen LogP contribution in [0.15, 0.2) is 22.7 Å². The summed E-state index contributed by atoms with van der Waals surface area (Å²) in [5.41, 5.74) is 0. The molecule has 0 unspecified atom stereocenters. The van der Waals surface area contributed by atoms with Gasteiger partial charge in [0.05, 0.1) is 11.1 Å². The number of aliphatic hydroxyl groups is 1. The number of halogens is 2. The Hall–Kier alpha value is -0.250. The van der Waals surface area contributed by atoms with Gasteiger partial charge in [0, 0.05) is 17.3 Å². The molecule has 76 valence electrons. The van der Waals surface area contributed by atoms with Crippen LogP contribution in [0, 0.1) is 0 Å². The SMILES string of the molecule is OC1CC(Oc2cc(Br)ccc2Cl)C1. The number of aliphatic hydroxyl groups excluding tert-OH is 1. The highest BCUT2D eigenvalue weighted by molar-refractivity contribution is 9.10. The molecule has 1 aliphatic rings. The molecule has 0 saturated heterocycles. The third-order valence-electron chi connectivity index (χ3n) is 2.26. The molecule has 1 aromatic rings. The Morgan fingerprint density at radius 1 is 1.43 bits per heavy atom. The molecule has 1 N–H and O–H groups in total. The van der Waals surface area contributed by atoms with Crippen molar-refractivity contribution in [3.05, 3.63) is 27.7 Å². The lowest BCUT2D eigenvalue weighted by molar-refractivity contribution is -0.0107. The van der Waals surface area contributed by atoms with E-state index in [0.29, 0.717) is 23.6 Å². The summed E-state index contributed by atoms with van der Waals surface area (Å²) in [4.78, 5) is 0. The summed E-state index contributed by atoms with van der Waals surface area (Å²) in [5, 5.41) is 9.70. The summed E-state index contributed by atoms with van der Waals surface area (Å²) in [6.45, 7) is 0. The summed E-state index contributed by atoms with van der Waals surface area (Å²) in [6, 6.07) is 5.49. The molecule has 0 radical (unpaired) electrons. The van der Waals surface area contributed by atoms with Crippen LogP contribution in [0.4, 0.5) is 0 Å². The lowest BCUT2D eigenvalue weighted by atomic mass is 9.92. The second-order valence-electron chi connectivity index (χ2n) is 3.44. The third-order valence-corrected chi connectivity index (χ3v) is 3.06. The molecule has 1 saturated carbocycles. The fraction of sp³-hybridized carbons (Fsp3) is 0.400. The molecule has 1 aliphatic carbocycles. The van der Waals surface area contributed by atoms with Crippen molar-refractivity contribution in [3.63, 3.8) is 0 Å². The number of benzene rings is 1. The molecule has 2 rings (SSSR count). The molecule has 2 nitrogen and oxygen atoms in total. The zero-order valence-corrected chi connectivity index (χ0v) is 9.75. The van der Waals surface area contributed by atoms with Crippen LogP contribution in [0.25, 0.3) is 0 Å². The molecule has 0 bridgehead atoms. The van der Waals surface area contributed by atoms with E-state index in [1.807, 2.05) is 12.1 Å². The van der Waals surface area contributed by atoms with Gasteiger partial charge in [0.25, 0.3) is 0 Å². The van der Waals surface area contributed by atoms with Crippen molar-refractivity contribution in [2.45, 2.75) is 25.0 Å². The minimum Gasteiger partial charge on any atom is -0.489 e. The highest BCUT2D eigenvalue weighted by Crippen LogP contribution is 2.32. The maximum absolute atomic E-state index is 9.10. The predicted octanol–water partition coefficient (Wildman–Crippen LogP) is 3.00. The lowest BCUT2D eigenvalue weighted by Crippen LogP contribution is -2.37. The second kappa shape index (κ2) is 4.09. The van der Waals surface area contributed by atoms with Gasteiger partial charge in [-0.15, -0.1) is 0 Å². The van der Waals surface area contributed by atoms with Crippen LogP contribution < -0.4 is 4.74 Å². The highest BCUT2D eigenvalue weighted by atomic mass is 79.9. The molecule has 0 spiro atoms. The van der Waals surface area contributed by atoms with Crippen molar-refractivity contribution in [1.82, 2.24) is 0 Å². The zero-order chi connectivity index (χ0) is 10.1.